The molecule has 1 aromatic rings. The van der Waals surface area contributed by atoms with E-state index in [1.54, 1.807) is 0 Å². The number of Topliss-reactive ketones (excluding diaryl/α,β-unsaturated/α-hetero) is 1. The molecule has 108 valence electrons. The van der Waals surface area contributed by atoms with Gasteiger partial charge in [0.15, 0.2) is 5.78 Å². The van der Waals surface area contributed by atoms with Crippen molar-refractivity contribution in [1.82, 2.24) is 10.2 Å². The minimum Gasteiger partial charge on any atom is -0.352 e. The highest BCUT2D eigenvalue weighted by Crippen LogP contribution is 2.14. The normalized spacial score (nSPS) is 19.1. The van der Waals surface area contributed by atoms with E-state index in [0.717, 1.165) is 30.6 Å². The van der Waals surface area contributed by atoms with Crippen LogP contribution >= 0.6 is 0 Å². The molecule has 0 saturated carbocycles. The number of rotatable bonds is 4. The van der Waals surface area contributed by atoms with Crippen LogP contribution in [0.1, 0.15) is 34.8 Å². The summed E-state index contributed by atoms with van der Waals surface area (Å²) in [5.74, 6) is 0.156. The molecule has 4 nitrogen and oxygen atoms in total. The van der Waals surface area contributed by atoms with Gasteiger partial charge in [0.25, 0.3) is 0 Å². The molecule has 1 unspecified atom stereocenters. The molecule has 1 atom stereocenters. The molecule has 0 bridgehead atoms. The molecule has 0 aliphatic carbocycles. The zero-order chi connectivity index (χ0) is 14.7. The Balaban J connectivity index is 1.94. The first-order chi connectivity index (χ1) is 9.45. The van der Waals surface area contributed by atoms with Crippen molar-refractivity contribution in [2.75, 3.05) is 19.6 Å². The van der Waals surface area contributed by atoms with Crippen LogP contribution in [0.5, 0.6) is 0 Å². The van der Waals surface area contributed by atoms with Crippen molar-refractivity contribution in [1.29, 1.82) is 0 Å². The van der Waals surface area contributed by atoms with Crippen molar-refractivity contribution < 1.29 is 9.59 Å². The first kappa shape index (κ1) is 14.7. The van der Waals surface area contributed by atoms with Crippen LogP contribution in [-0.2, 0) is 4.79 Å². The summed E-state index contributed by atoms with van der Waals surface area (Å²) in [6.07, 6.45) is 0.916. The van der Waals surface area contributed by atoms with Gasteiger partial charge in [-0.3, -0.25) is 14.5 Å². The number of amides is 1. The molecule has 1 aliphatic heterocycles. The number of nitrogens with zero attached hydrogens (tertiary/aromatic N) is 1. The first-order valence-electron chi connectivity index (χ1n) is 7.05. The van der Waals surface area contributed by atoms with Crippen molar-refractivity contribution >= 4 is 11.7 Å². The van der Waals surface area contributed by atoms with Gasteiger partial charge in [-0.25, -0.2) is 0 Å². The van der Waals surface area contributed by atoms with E-state index in [-0.39, 0.29) is 17.7 Å². The fourth-order valence-corrected chi connectivity index (χ4v) is 2.80. The highest BCUT2D eigenvalue weighted by atomic mass is 16.1. The molecule has 2 rings (SSSR count). The van der Waals surface area contributed by atoms with Gasteiger partial charge >= 0.3 is 0 Å². The average molecular weight is 274 g/mol. The van der Waals surface area contributed by atoms with E-state index in [2.05, 4.69) is 10.2 Å². The molecule has 20 heavy (non-hydrogen) atoms. The topological polar surface area (TPSA) is 49.4 Å². The summed E-state index contributed by atoms with van der Waals surface area (Å²) in [5.41, 5.74) is 3.01. The SMILES string of the molecule is CC(=O)NC1CCN(CC(=O)c2ccc(C)cc2C)C1. The second-order valence-electron chi connectivity index (χ2n) is 5.66. The monoisotopic (exact) mass is 274 g/mol. The zero-order valence-electron chi connectivity index (χ0n) is 12.4. The lowest BCUT2D eigenvalue weighted by molar-refractivity contribution is -0.119. The van der Waals surface area contributed by atoms with Crippen LogP contribution < -0.4 is 5.32 Å². The molecule has 1 fully saturated rings. The standard InChI is InChI=1S/C16H22N2O2/c1-11-4-5-15(12(2)8-11)16(20)10-18-7-6-14(9-18)17-13(3)19/h4-5,8,14H,6-7,9-10H2,1-3H3,(H,17,19). The molecule has 0 radical (unpaired) electrons. The van der Waals surface area contributed by atoms with Crippen LogP contribution in [0.2, 0.25) is 0 Å². The van der Waals surface area contributed by atoms with Crippen LogP contribution in [0.15, 0.2) is 18.2 Å². The predicted octanol–water partition coefficient (Wildman–Crippen LogP) is 1.70. The average Bonchev–Trinajstić information content (AvgIpc) is 2.75. The van der Waals surface area contributed by atoms with Gasteiger partial charge in [-0.05, 0) is 25.8 Å². The molecule has 1 amide bonds. The van der Waals surface area contributed by atoms with E-state index < -0.39 is 0 Å². The van der Waals surface area contributed by atoms with Gasteiger partial charge in [0.2, 0.25) is 5.91 Å². The van der Waals surface area contributed by atoms with E-state index in [0.29, 0.717) is 6.54 Å². The number of carbonyl (C=O) groups excluding carboxylic acids is 2. The highest BCUT2D eigenvalue weighted by Gasteiger charge is 2.25. The lowest BCUT2D eigenvalue weighted by Gasteiger charge is -2.16. The second kappa shape index (κ2) is 6.18. The van der Waals surface area contributed by atoms with E-state index >= 15 is 0 Å². The summed E-state index contributed by atoms with van der Waals surface area (Å²) in [4.78, 5) is 25.5. The maximum atomic E-state index is 12.3. The lowest BCUT2D eigenvalue weighted by Crippen LogP contribution is -2.36. The summed E-state index contributed by atoms with van der Waals surface area (Å²) in [6.45, 7) is 7.59. The van der Waals surface area contributed by atoms with Crippen LogP contribution in [0.4, 0.5) is 0 Å². The van der Waals surface area contributed by atoms with Crippen LogP contribution in [0.25, 0.3) is 0 Å². The number of benzene rings is 1. The fraction of sp³-hybridized carbons (Fsp3) is 0.500. The van der Waals surface area contributed by atoms with Gasteiger partial charge in [-0.1, -0.05) is 23.8 Å². The molecule has 1 aromatic carbocycles. The minimum atomic E-state index is -0.00226. The van der Waals surface area contributed by atoms with Gasteiger partial charge < -0.3 is 5.32 Å². The molecular formula is C16H22N2O2. The third kappa shape index (κ3) is 3.67. The van der Waals surface area contributed by atoms with Gasteiger partial charge in [0.05, 0.1) is 6.54 Å². The summed E-state index contributed by atoms with van der Waals surface area (Å²) in [5, 5.41) is 2.91. The number of likely N-dealkylation sites (tertiary alicyclic amines) is 1. The fourth-order valence-electron chi connectivity index (χ4n) is 2.80. The van der Waals surface area contributed by atoms with Crippen LogP contribution in [-0.4, -0.2) is 42.3 Å². The number of hydrogen-bond acceptors (Lipinski definition) is 3. The quantitative estimate of drug-likeness (QED) is 0.850. The van der Waals surface area contributed by atoms with Gasteiger partial charge in [0, 0.05) is 31.6 Å². The first-order valence-corrected chi connectivity index (χ1v) is 7.05. The van der Waals surface area contributed by atoms with Crippen LogP contribution in [0.3, 0.4) is 0 Å². The van der Waals surface area contributed by atoms with Gasteiger partial charge in [-0.15, -0.1) is 0 Å². The Labute approximate surface area is 120 Å². The smallest absolute Gasteiger partial charge is 0.217 e. The lowest BCUT2D eigenvalue weighted by atomic mass is 10.0. The van der Waals surface area contributed by atoms with Crippen molar-refractivity contribution in [2.24, 2.45) is 0 Å². The van der Waals surface area contributed by atoms with Crippen LogP contribution in [0, 0.1) is 13.8 Å². The Morgan fingerprint density at radius 2 is 2.10 bits per heavy atom. The molecule has 0 spiro atoms. The summed E-state index contributed by atoms with van der Waals surface area (Å²) in [7, 11) is 0. The summed E-state index contributed by atoms with van der Waals surface area (Å²) >= 11 is 0. The van der Waals surface area contributed by atoms with E-state index in [1.807, 2.05) is 32.0 Å². The van der Waals surface area contributed by atoms with E-state index in [4.69, 9.17) is 0 Å². The molecule has 4 heteroatoms. The third-order valence-electron chi connectivity index (χ3n) is 3.73. The third-order valence-corrected chi connectivity index (χ3v) is 3.73. The Morgan fingerprint density at radius 3 is 2.75 bits per heavy atom. The van der Waals surface area contributed by atoms with Crippen molar-refractivity contribution in [2.45, 2.75) is 33.2 Å². The molecule has 1 saturated heterocycles. The van der Waals surface area contributed by atoms with Crippen molar-refractivity contribution in [3.8, 4) is 0 Å². The van der Waals surface area contributed by atoms with Crippen molar-refractivity contribution in [3.05, 3.63) is 34.9 Å². The van der Waals surface area contributed by atoms with Crippen molar-refractivity contribution in [3.63, 3.8) is 0 Å². The Hall–Kier alpha value is -1.68. The summed E-state index contributed by atoms with van der Waals surface area (Å²) < 4.78 is 0. The van der Waals surface area contributed by atoms with Gasteiger partial charge in [-0.2, -0.15) is 0 Å². The maximum absolute atomic E-state index is 12.3. The molecule has 1 heterocycles. The Bertz CT molecular complexity index is 525. The number of hydrogen-bond donors (Lipinski definition) is 1. The second-order valence-corrected chi connectivity index (χ2v) is 5.66. The maximum Gasteiger partial charge on any atom is 0.217 e. The molecular weight excluding hydrogens is 252 g/mol. The Morgan fingerprint density at radius 1 is 1.35 bits per heavy atom. The number of carbonyl (C=O) groups is 2. The molecule has 0 aromatic heterocycles. The minimum absolute atomic E-state index is 0.00226. The Kier molecular flexibility index (Phi) is 4.55. The zero-order valence-corrected chi connectivity index (χ0v) is 12.4. The highest BCUT2D eigenvalue weighted by molar-refractivity contribution is 5.99. The summed E-state index contributed by atoms with van der Waals surface area (Å²) in [6, 6.07) is 6.11. The van der Waals surface area contributed by atoms with E-state index in [9.17, 15) is 9.59 Å². The number of ketones is 1. The molecule has 1 N–H and O–H groups in total. The number of aryl methyl sites for hydroxylation is 2. The molecule has 1 aliphatic rings. The van der Waals surface area contributed by atoms with Gasteiger partial charge in [0.1, 0.15) is 0 Å². The largest absolute Gasteiger partial charge is 0.352 e. The number of nitrogens with one attached hydrogen (secondary N) is 1. The van der Waals surface area contributed by atoms with E-state index in [1.165, 1.54) is 12.5 Å². The predicted molar refractivity (Wildman–Crippen MR) is 78.9 cm³/mol.